The third kappa shape index (κ3) is 43.3. The van der Waals surface area contributed by atoms with Crippen molar-refractivity contribution >= 4 is 17.9 Å². The Morgan fingerprint density at radius 2 is 0.600 bits per heavy atom. The number of hydrogen-bond donors (Lipinski definition) is 7. The Kier molecular flexibility index (Phi) is 42.1. The van der Waals surface area contributed by atoms with Crippen LogP contribution in [-0.2, 0) is 14.4 Å². The molecule has 7 N–H and O–H groups in total. The molecule has 242 valence electrons. The maximum Gasteiger partial charge on any atom is 0.303 e. The number of aliphatic hydroxyl groups excluding tert-OH is 4. The Hall–Kier alpha value is -1.75. The molecule has 0 aliphatic heterocycles. The summed E-state index contributed by atoms with van der Waals surface area (Å²) in [7, 11) is 0. The van der Waals surface area contributed by atoms with Crippen LogP contribution >= 0.6 is 0 Å². The zero-order chi connectivity index (χ0) is 31.5. The minimum atomic E-state index is -1.11. The predicted octanol–water partition coefficient (Wildman–Crippen LogP) is 5.63. The van der Waals surface area contributed by atoms with E-state index < -0.39 is 49.8 Å². The van der Waals surface area contributed by atoms with Gasteiger partial charge in [-0.3, -0.25) is 14.4 Å². The van der Waals surface area contributed by atoms with Gasteiger partial charge in [-0.05, 0) is 19.3 Å². The Balaban J connectivity index is -0.000000218. The predicted molar refractivity (Wildman–Crippen MR) is 158 cm³/mol. The molecular weight excluding hydrogens is 520 g/mol. The number of carboxylic acids is 3. The molecule has 0 radical (unpaired) electrons. The number of aliphatic carboxylic acids is 3. The van der Waals surface area contributed by atoms with Gasteiger partial charge in [-0.1, -0.05) is 104 Å². The highest BCUT2D eigenvalue weighted by Gasteiger charge is 2.26. The fraction of sp³-hybridized carbons (Fsp3) is 0.900. The number of unbranched alkanes of at least 4 members (excludes halogenated alkanes) is 13. The number of aliphatic hydroxyl groups is 4. The fourth-order valence-electron chi connectivity index (χ4n) is 3.12. The van der Waals surface area contributed by atoms with Crippen molar-refractivity contribution in [3.05, 3.63) is 0 Å². The normalized spacial score (nSPS) is 10.3. The van der Waals surface area contributed by atoms with Crippen molar-refractivity contribution in [3.8, 4) is 0 Å². The molecule has 0 atom stereocenters. The van der Waals surface area contributed by atoms with Crippen molar-refractivity contribution < 1.29 is 50.1 Å². The van der Waals surface area contributed by atoms with Crippen LogP contribution in [0.1, 0.15) is 143 Å². The third-order valence-corrected chi connectivity index (χ3v) is 6.07. The molecule has 0 aromatic rings. The van der Waals surface area contributed by atoms with Gasteiger partial charge in [-0.2, -0.15) is 0 Å². The third-order valence-electron chi connectivity index (χ3n) is 6.07. The van der Waals surface area contributed by atoms with E-state index >= 15 is 0 Å². The van der Waals surface area contributed by atoms with Gasteiger partial charge >= 0.3 is 17.9 Å². The lowest BCUT2D eigenvalue weighted by Crippen LogP contribution is -2.37. The average molecular weight is 583 g/mol. The smallest absolute Gasteiger partial charge is 0.303 e. The van der Waals surface area contributed by atoms with Crippen molar-refractivity contribution in [2.45, 2.75) is 143 Å². The number of carboxylic acid groups (broad SMARTS) is 3. The van der Waals surface area contributed by atoms with Gasteiger partial charge < -0.3 is 35.7 Å². The van der Waals surface area contributed by atoms with Crippen LogP contribution in [0.3, 0.4) is 0 Å². The second-order valence-corrected chi connectivity index (χ2v) is 10.2. The van der Waals surface area contributed by atoms with Crippen LogP contribution in [-0.4, -0.2) is 80.1 Å². The molecule has 0 aliphatic rings. The van der Waals surface area contributed by atoms with Crippen molar-refractivity contribution in [1.82, 2.24) is 0 Å². The first kappa shape index (κ1) is 45.2. The molecule has 10 heteroatoms. The second-order valence-electron chi connectivity index (χ2n) is 10.2. The van der Waals surface area contributed by atoms with Crippen molar-refractivity contribution in [2.24, 2.45) is 5.41 Å². The largest absolute Gasteiger partial charge is 0.481 e. The maximum atomic E-state index is 10.1. The molecule has 0 unspecified atom stereocenters. The molecule has 0 aromatic heterocycles. The van der Waals surface area contributed by atoms with E-state index in [1.165, 1.54) is 57.8 Å². The molecule has 0 saturated heterocycles. The first-order chi connectivity index (χ1) is 19.1. The molecule has 0 aliphatic carbocycles. The number of rotatable bonds is 23. The lowest BCUT2D eigenvalue weighted by atomic mass is 9.93. The SMILES string of the molecule is CCCCCCC(=O)O.CCCCCCCC(=O)O.CCCCCCCCCC(=O)O.OCC(CO)(CO)CO. The fourth-order valence-corrected chi connectivity index (χ4v) is 3.12. The van der Waals surface area contributed by atoms with Gasteiger partial charge in [0.25, 0.3) is 0 Å². The summed E-state index contributed by atoms with van der Waals surface area (Å²) in [5, 5.41) is 58.8. The minimum absolute atomic E-state index is 0.333. The first-order valence-corrected chi connectivity index (χ1v) is 15.1. The summed E-state index contributed by atoms with van der Waals surface area (Å²) in [5.41, 5.74) is -1.11. The highest BCUT2D eigenvalue weighted by molar-refractivity contribution is 5.67. The highest BCUT2D eigenvalue weighted by Crippen LogP contribution is 2.12. The lowest BCUT2D eigenvalue weighted by molar-refractivity contribution is -0.138. The van der Waals surface area contributed by atoms with Gasteiger partial charge in [0, 0.05) is 19.3 Å². The van der Waals surface area contributed by atoms with E-state index in [1.807, 2.05) is 0 Å². The molecule has 0 heterocycles. The summed E-state index contributed by atoms with van der Waals surface area (Å²) in [6.07, 6.45) is 19.1. The van der Waals surface area contributed by atoms with E-state index in [0.717, 1.165) is 44.9 Å². The molecule has 0 amide bonds. The van der Waals surface area contributed by atoms with E-state index in [1.54, 1.807) is 0 Å². The highest BCUT2D eigenvalue weighted by atomic mass is 16.4. The number of hydrogen-bond acceptors (Lipinski definition) is 7. The summed E-state index contributed by atoms with van der Waals surface area (Å²) in [4.78, 5) is 30.1. The molecule has 0 fully saturated rings. The van der Waals surface area contributed by atoms with Crippen molar-refractivity contribution in [1.29, 1.82) is 0 Å². The van der Waals surface area contributed by atoms with Crippen molar-refractivity contribution in [2.75, 3.05) is 26.4 Å². The second kappa shape index (κ2) is 37.2. The molecule has 0 rings (SSSR count). The quantitative estimate of drug-likeness (QED) is 0.0743. The Labute approximate surface area is 242 Å². The van der Waals surface area contributed by atoms with Crippen LogP contribution in [0.4, 0.5) is 0 Å². The Morgan fingerprint density at radius 1 is 0.400 bits per heavy atom. The van der Waals surface area contributed by atoms with E-state index in [0.29, 0.717) is 19.3 Å². The van der Waals surface area contributed by atoms with Crippen LogP contribution in [0.25, 0.3) is 0 Å². The maximum absolute atomic E-state index is 10.1. The minimum Gasteiger partial charge on any atom is -0.481 e. The van der Waals surface area contributed by atoms with E-state index in [4.69, 9.17) is 35.7 Å². The summed E-state index contributed by atoms with van der Waals surface area (Å²) in [6, 6.07) is 0. The van der Waals surface area contributed by atoms with E-state index in [9.17, 15) is 14.4 Å². The van der Waals surface area contributed by atoms with Gasteiger partial charge in [-0.25, -0.2) is 0 Å². The molecule has 0 spiro atoms. The Bertz CT molecular complexity index is 519. The average Bonchev–Trinajstić information content (AvgIpc) is 2.93. The summed E-state index contributed by atoms with van der Waals surface area (Å²) in [6.45, 7) is 4.84. The van der Waals surface area contributed by atoms with Crippen LogP contribution in [0, 0.1) is 5.41 Å². The number of carbonyl (C=O) groups is 3. The van der Waals surface area contributed by atoms with Crippen LogP contribution in [0.2, 0.25) is 0 Å². The molecule has 0 bridgehead atoms. The van der Waals surface area contributed by atoms with Gasteiger partial charge in [0.2, 0.25) is 0 Å². The molecular formula is C30H62O10. The van der Waals surface area contributed by atoms with Gasteiger partial charge in [0.05, 0.1) is 31.8 Å². The summed E-state index contributed by atoms with van der Waals surface area (Å²) in [5.74, 6) is -2.01. The van der Waals surface area contributed by atoms with Crippen molar-refractivity contribution in [3.63, 3.8) is 0 Å². The zero-order valence-corrected chi connectivity index (χ0v) is 25.6. The van der Waals surface area contributed by atoms with Crippen LogP contribution < -0.4 is 0 Å². The van der Waals surface area contributed by atoms with Gasteiger partial charge in [0.1, 0.15) is 0 Å². The van der Waals surface area contributed by atoms with Gasteiger partial charge in [0.15, 0.2) is 0 Å². The first-order valence-electron chi connectivity index (χ1n) is 15.1. The van der Waals surface area contributed by atoms with Crippen LogP contribution in [0.5, 0.6) is 0 Å². The molecule has 0 aromatic carbocycles. The summed E-state index contributed by atoms with van der Waals surface area (Å²) >= 11 is 0. The molecule has 10 nitrogen and oxygen atoms in total. The monoisotopic (exact) mass is 582 g/mol. The Morgan fingerprint density at radius 3 is 0.775 bits per heavy atom. The molecule has 40 heavy (non-hydrogen) atoms. The topological polar surface area (TPSA) is 193 Å². The molecule has 0 saturated carbocycles. The summed E-state index contributed by atoms with van der Waals surface area (Å²) < 4.78 is 0. The van der Waals surface area contributed by atoms with Gasteiger partial charge in [-0.15, -0.1) is 0 Å². The van der Waals surface area contributed by atoms with Crippen LogP contribution in [0.15, 0.2) is 0 Å². The van der Waals surface area contributed by atoms with E-state index in [-0.39, 0.29) is 0 Å². The zero-order valence-electron chi connectivity index (χ0n) is 25.6. The van der Waals surface area contributed by atoms with E-state index in [2.05, 4.69) is 20.8 Å². The lowest BCUT2D eigenvalue weighted by Gasteiger charge is -2.23. The standard InChI is InChI=1S/C10H20O2.C8H16O2.C7H14O2.C5H12O4/c1-2-3-4-5-6-7-8-9-10(11)12;1-2-3-4-5-6-7-8(9)10;1-2-3-4-5-6-7(8)9;6-1-5(2-7,3-8)4-9/h2-9H2,1H3,(H,11,12);2-7H2,1H3,(H,9,10);2-6H2,1H3,(H,8,9);6-9H,1-4H2.